The SMILES string of the molecule is Cc1ccc(-n2c(SCC(=O)NC(=O)NC3CC3)nc3sc4c(c3c2=O)CCCC4)cc1C. The highest BCUT2D eigenvalue weighted by Crippen LogP contribution is 2.35. The van der Waals surface area contributed by atoms with Gasteiger partial charge in [0.05, 0.1) is 16.8 Å². The number of benzene rings is 1. The summed E-state index contributed by atoms with van der Waals surface area (Å²) in [7, 11) is 0. The van der Waals surface area contributed by atoms with Gasteiger partial charge in [0.15, 0.2) is 5.16 Å². The molecule has 2 aromatic heterocycles. The van der Waals surface area contributed by atoms with Crippen LogP contribution in [0.4, 0.5) is 4.79 Å². The third-order valence-corrected chi connectivity index (χ3v) is 8.33. The fourth-order valence-corrected chi connectivity index (χ4v) is 6.23. The number of nitrogens with zero attached hydrogens (tertiary/aromatic N) is 2. The van der Waals surface area contributed by atoms with Crippen LogP contribution in [0.5, 0.6) is 0 Å². The topological polar surface area (TPSA) is 93.1 Å². The molecule has 33 heavy (non-hydrogen) atoms. The normalized spacial score (nSPS) is 15.3. The standard InChI is InChI=1S/C24H26N4O3S2/c1-13-7-10-16(11-14(13)2)28-22(30)20-17-5-3-4-6-18(17)33-21(20)27-24(28)32-12-19(29)26-23(31)25-15-8-9-15/h7,10-11,15H,3-6,8-9,12H2,1-2H3,(H2,25,26,29,31). The first-order valence-electron chi connectivity index (χ1n) is 11.3. The van der Waals surface area contributed by atoms with Crippen molar-refractivity contribution in [3.8, 4) is 5.69 Å². The van der Waals surface area contributed by atoms with Gasteiger partial charge in [0.2, 0.25) is 5.91 Å². The van der Waals surface area contributed by atoms with Gasteiger partial charge in [-0.1, -0.05) is 17.8 Å². The van der Waals surface area contributed by atoms with Crippen LogP contribution in [0.1, 0.15) is 47.3 Å². The number of aryl methyl sites for hydroxylation is 4. The third kappa shape index (κ3) is 4.56. The monoisotopic (exact) mass is 482 g/mol. The summed E-state index contributed by atoms with van der Waals surface area (Å²) in [6.45, 7) is 4.05. The van der Waals surface area contributed by atoms with Gasteiger partial charge in [-0.2, -0.15) is 0 Å². The lowest BCUT2D eigenvalue weighted by Crippen LogP contribution is -2.41. The fourth-order valence-electron chi connectivity index (χ4n) is 4.12. The number of thioether (sulfide) groups is 1. The Balaban J connectivity index is 1.51. The molecule has 0 bridgehead atoms. The zero-order chi connectivity index (χ0) is 23.1. The van der Waals surface area contributed by atoms with Crippen LogP contribution >= 0.6 is 23.1 Å². The average Bonchev–Trinajstić information content (AvgIpc) is 3.51. The number of nitrogens with one attached hydrogen (secondary N) is 2. The van der Waals surface area contributed by atoms with E-state index in [1.54, 1.807) is 15.9 Å². The molecule has 0 atom stereocenters. The van der Waals surface area contributed by atoms with Crippen molar-refractivity contribution in [1.82, 2.24) is 20.2 Å². The highest BCUT2D eigenvalue weighted by atomic mass is 32.2. The second kappa shape index (κ2) is 8.95. The summed E-state index contributed by atoms with van der Waals surface area (Å²) in [5.74, 6) is -0.420. The third-order valence-electron chi connectivity index (χ3n) is 6.20. The van der Waals surface area contributed by atoms with Crippen molar-refractivity contribution in [3.63, 3.8) is 0 Å². The van der Waals surface area contributed by atoms with Crippen molar-refractivity contribution in [2.45, 2.75) is 63.6 Å². The maximum atomic E-state index is 13.8. The number of amides is 3. The van der Waals surface area contributed by atoms with Gasteiger partial charge in [-0.3, -0.25) is 19.5 Å². The van der Waals surface area contributed by atoms with E-state index in [0.29, 0.717) is 10.5 Å². The number of hydrogen-bond acceptors (Lipinski definition) is 6. The summed E-state index contributed by atoms with van der Waals surface area (Å²) in [6.07, 6.45) is 6.02. The van der Waals surface area contributed by atoms with Crippen LogP contribution in [0, 0.1) is 13.8 Å². The maximum absolute atomic E-state index is 13.8. The predicted octanol–water partition coefficient (Wildman–Crippen LogP) is 4.02. The molecule has 0 aliphatic heterocycles. The Morgan fingerprint density at radius 2 is 1.97 bits per heavy atom. The molecule has 0 radical (unpaired) electrons. The molecular weight excluding hydrogens is 456 g/mol. The highest BCUT2D eigenvalue weighted by molar-refractivity contribution is 7.99. The van der Waals surface area contributed by atoms with Crippen molar-refractivity contribution in [1.29, 1.82) is 0 Å². The quantitative estimate of drug-likeness (QED) is 0.423. The summed E-state index contributed by atoms with van der Waals surface area (Å²) in [5.41, 5.74) is 4.02. The van der Waals surface area contributed by atoms with Crippen LogP contribution in [-0.2, 0) is 17.6 Å². The molecule has 0 saturated heterocycles. The van der Waals surface area contributed by atoms with E-state index in [0.717, 1.165) is 65.7 Å². The van der Waals surface area contributed by atoms with E-state index < -0.39 is 11.9 Å². The van der Waals surface area contributed by atoms with E-state index in [1.165, 1.54) is 16.6 Å². The zero-order valence-corrected chi connectivity index (χ0v) is 20.3. The van der Waals surface area contributed by atoms with Crippen molar-refractivity contribution in [2.24, 2.45) is 0 Å². The number of carbonyl (C=O) groups is 2. The minimum atomic E-state index is -0.469. The molecule has 5 rings (SSSR count). The molecule has 172 valence electrons. The summed E-state index contributed by atoms with van der Waals surface area (Å²) < 4.78 is 1.62. The van der Waals surface area contributed by atoms with E-state index in [9.17, 15) is 14.4 Å². The number of urea groups is 1. The van der Waals surface area contributed by atoms with Gasteiger partial charge in [0.1, 0.15) is 4.83 Å². The Morgan fingerprint density at radius 1 is 1.18 bits per heavy atom. The second-order valence-corrected chi connectivity index (χ2v) is 10.8. The van der Waals surface area contributed by atoms with E-state index >= 15 is 0 Å². The largest absolute Gasteiger partial charge is 0.335 e. The summed E-state index contributed by atoms with van der Waals surface area (Å²) in [5, 5.41) is 6.29. The Hall–Kier alpha value is -2.65. The molecular formula is C24H26N4O3S2. The number of carbonyl (C=O) groups excluding carboxylic acids is 2. The van der Waals surface area contributed by atoms with Crippen molar-refractivity contribution in [2.75, 3.05) is 5.75 Å². The number of fused-ring (bicyclic) bond motifs is 3. The molecule has 2 N–H and O–H groups in total. The van der Waals surface area contributed by atoms with E-state index in [1.807, 2.05) is 32.0 Å². The van der Waals surface area contributed by atoms with E-state index in [2.05, 4.69) is 10.6 Å². The van der Waals surface area contributed by atoms with Crippen molar-refractivity contribution in [3.05, 3.63) is 50.1 Å². The van der Waals surface area contributed by atoms with Gasteiger partial charge in [-0.25, -0.2) is 9.78 Å². The molecule has 3 amide bonds. The van der Waals surface area contributed by atoms with Crippen molar-refractivity contribution >= 4 is 45.3 Å². The first-order valence-corrected chi connectivity index (χ1v) is 13.1. The molecule has 7 nitrogen and oxygen atoms in total. The molecule has 1 aromatic carbocycles. The summed E-state index contributed by atoms with van der Waals surface area (Å²) >= 11 is 2.77. The minimum absolute atomic E-state index is 0.00797. The average molecular weight is 483 g/mol. The molecule has 2 aliphatic rings. The van der Waals surface area contributed by atoms with Gasteiger partial charge in [0, 0.05) is 10.9 Å². The molecule has 2 heterocycles. The van der Waals surface area contributed by atoms with Crippen LogP contribution in [0.3, 0.4) is 0 Å². The molecule has 0 spiro atoms. The highest BCUT2D eigenvalue weighted by Gasteiger charge is 2.25. The summed E-state index contributed by atoms with van der Waals surface area (Å²) in [6, 6.07) is 5.60. The first kappa shape index (κ1) is 22.2. The first-order chi connectivity index (χ1) is 15.9. The minimum Gasteiger partial charge on any atom is -0.335 e. The smallest absolute Gasteiger partial charge is 0.321 e. The number of imide groups is 1. The number of thiophene rings is 1. The van der Waals surface area contributed by atoms with Crippen LogP contribution in [0.15, 0.2) is 28.2 Å². The lowest BCUT2D eigenvalue weighted by molar-refractivity contribution is -0.117. The second-order valence-electron chi connectivity index (χ2n) is 8.78. The van der Waals surface area contributed by atoms with Gasteiger partial charge in [-0.15, -0.1) is 11.3 Å². The number of rotatable bonds is 5. The number of hydrogen-bond donors (Lipinski definition) is 2. The lowest BCUT2D eigenvalue weighted by atomic mass is 9.97. The molecule has 2 aliphatic carbocycles. The van der Waals surface area contributed by atoms with Gasteiger partial charge < -0.3 is 5.32 Å². The Bertz CT molecular complexity index is 1320. The molecule has 1 fully saturated rings. The van der Waals surface area contributed by atoms with Crippen LogP contribution in [0.2, 0.25) is 0 Å². The van der Waals surface area contributed by atoms with Gasteiger partial charge in [0.25, 0.3) is 5.56 Å². The zero-order valence-electron chi connectivity index (χ0n) is 18.7. The van der Waals surface area contributed by atoms with Crippen LogP contribution < -0.4 is 16.2 Å². The maximum Gasteiger partial charge on any atom is 0.321 e. The van der Waals surface area contributed by atoms with Gasteiger partial charge in [-0.05, 0) is 81.2 Å². The van der Waals surface area contributed by atoms with E-state index in [4.69, 9.17) is 4.98 Å². The predicted molar refractivity (Wildman–Crippen MR) is 132 cm³/mol. The molecule has 3 aromatic rings. The lowest BCUT2D eigenvalue weighted by Gasteiger charge is -2.14. The van der Waals surface area contributed by atoms with E-state index in [-0.39, 0.29) is 17.4 Å². The van der Waals surface area contributed by atoms with Crippen LogP contribution in [0.25, 0.3) is 15.9 Å². The molecule has 9 heteroatoms. The fraction of sp³-hybridized carbons (Fsp3) is 0.417. The Labute approximate surface area is 200 Å². The molecule has 1 saturated carbocycles. The van der Waals surface area contributed by atoms with Crippen molar-refractivity contribution < 1.29 is 9.59 Å². The molecule has 0 unspecified atom stereocenters. The summed E-state index contributed by atoms with van der Waals surface area (Å²) in [4.78, 5) is 44.9. The van der Waals surface area contributed by atoms with Crippen LogP contribution in [-0.4, -0.2) is 33.3 Å². The Kier molecular flexibility index (Phi) is 6.01. The van der Waals surface area contributed by atoms with Gasteiger partial charge >= 0.3 is 6.03 Å². The Morgan fingerprint density at radius 3 is 2.73 bits per heavy atom. The number of aromatic nitrogens is 2.